The maximum atomic E-state index is 12.7. The van der Waals surface area contributed by atoms with E-state index in [1.807, 2.05) is 48.8 Å². The minimum absolute atomic E-state index is 0.00525. The minimum Gasteiger partial charge on any atom is -0.308 e. The summed E-state index contributed by atoms with van der Waals surface area (Å²) in [6.45, 7) is 4.66. The highest BCUT2D eigenvalue weighted by Crippen LogP contribution is 2.24. The van der Waals surface area contributed by atoms with Crippen LogP contribution in [0.1, 0.15) is 29.2 Å². The summed E-state index contributed by atoms with van der Waals surface area (Å²) in [5.41, 5.74) is 4.18. The van der Waals surface area contributed by atoms with E-state index in [-0.39, 0.29) is 11.6 Å². The largest absolute Gasteiger partial charge is 0.308 e. The van der Waals surface area contributed by atoms with Crippen molar-refractivity contribution in [3.63, 3.8) is 0 Å². The second-order valence-electron chi connectivity index (χ2n) is 6.65. The van der Waals surface area contributed by atoms with Gasteiger partial charge in [0.1, 0.15) is 10.7 Å². The topological polar surface area (TPSA) is 72.2 Å². The van der Waals surface area contributed by atoms with Gasteiger partial charge in [0.2, 0.25) is 0 Å². The van der Waals surface area contributed by atoms with Crippen LogP contribution < -0.4 is 10.9 Å². The molecule has 0 radical (unpaired) electrons. The summed E-state index contributed by atoms with van der Waals surface area (Å²) in [7, 11) is 0. The minimum atomic E-state index is 0.00525. The van der Waals surface area contributed by atoms with Crippen LogP contribution in [0.5, 0.6) is 0 Å². The summed E-state index contributed by atoms with van der Waals surface area (Å²) in [5.74, 6) is 0. The molecule has 1 atom stereocenters. The maximum absolute atomic E-state index is 12.7. The van der Waals surface area contributed by atoms with Gasteiger partial charge in [-0.15, -0.1) is 11.3 Å². The van der Waals surface area contributed by atoms with Gasteiger partial charge in [-0.25, -0.2) is 9.97 Å². The lowest BCUT2D eigenvalue weighted by atomic mass is 10.1. The Morgan fingerprint density at radius 2 is 2.11 bits per heavy atom. The second-order valence-corrected chi connectivity index (χ2v) is 7.54. The average molecular weight is 392 g/mol. The van der Waals surface area contributed by atoms with E-state index in [4.69, 9.17) is 4.98 Å². The van der Waals surface area contributed by atoms with Gasteiger partial charge in [-0.05, 0) is 44.5 Å². The number of rotatable bonds is 6. The molecule has 0 spiro atoms. The summed E-state index contributed by atoms with van der Waals surface area (Å²) in [6.07, 6.45) is 5.97. The first-order valence-corrected chi connectivity index (χ1v) is 10.1. The van der Waals surface area contributed by atoms with Crippen molar-refractivity contribution in [3.8, 4) is 11.3 Å². The Bertz CT molecular complexity index is 1150. The van der Waals surface area contributed by atoms with E-state index >= 15 is 0 Å². The van der Waals surface area contributed by atoms with Gasteiger partial charge in [-0.1, -0.05) is 6.07 Å². The standard InChI is InChI=1S/C21H21N5OS/c1-14-17(21(27)26-11-4-3-7-19(26)24-14)8-10-23-15(2)20-25-18(13-28-20)16-6-5-9-22-12-16/h3-7,9,11-13,15,23H,8,10H2,1-2H3. The van der Waals surface area contributed by atoms with Crippen molar-refractivity contribution in [2.45, 2.75) is 26.3 Å². The molecule has 0 amide bonds. The zero-order chi connectivity index (χ0) is 19.5. The van der Waals surface area contributed by atoms with Crippen LogP contribution in [0.4, 0.5) is 0 Å². The van der Waals surface area contributed by atoms with Gasteiger partial charge in [0, 0.05) is 47.3 Å². The number of aryl methyl sites for hydroxylation is 1. The lowest BCUT2D eigenvalue weighted by Crippen LogP contribution is -2.27. The molecule has 1 unspecified atom stereocenters. The predicted molar refractivity (Wildman–Crippen MR) is 112 cm³/mol. The van der Waals surface area contributed by atoms with Crippen molar-refractivity contribution in [1.29, 1.82) is 0 Å². The van der Waals surface area contributed by atoms with Crippen LogP contribution >= 0.6 is 11.3 Å². The Labute approximate surface area is 167 Å². The Morgan fingerprint density at radius 3 is 2.93 bits per heavy atom. The highest BCUT2D eigenvalue weighted by atomic mass is 32.1. The van der Waals surface area contributed by atoms with Gasteiger partial charge in [0.05, 0.1) is 11.7 Å². The van der Waals surface area contributed by atoms with Crippen LogP contribution in [0, 0.1) is 6.92 Å². The fraction of sp³-hybridized carbons (Fsp3) is 0.238. The molecular formula is C21H21N5OS. The highest BCUT2D eigenvalue weighted by Gasteiger charge is 2.13. The first-order chi connectivity index (χ1) is 13.6. The Balaban J connectivity index is 1.44. The fourth-order valence-electron chi connectivity index (χ4n) is 3.16. The Morgan fingerprint density at radius 1 is 1.21 bits per heavy atom. The molecule has 4 aromatic heterocycles. The van der Waals surface area contributed by atoms with Crippen LogP contribution in [-0.4, -0.2) is 25.9 Å². The summed E-state index contributed by atoms with van der Waals surface area (Å²) in [4.78, 5) is 26.2. The molecule has 4 rings (SSSR count). The molecule has 142 valence electrons. The third-order valence-electron chi connectivity index (χ3n) is 4.71. The Kier molecular flexibility index (Phi) is 5.27. The number of fused-ring (bicyclic) bond motifs is 1. The fourth-order valence-corrected chi connectivity index (χ4v) is 4.02. The van der Waals surface area contributed by atoms with Crippen LogP contribution in [0.15, 0.2) is 59.1 Å². The lowest BCUT2D eigenvalue weighted by molar-refractivity contribution is 0.571. The number of nitrogens with zero attached hydrogens (tertiary/aromatic N) is 4. The summed E-state index contributed by atoms with van der Waals surface area (Å²) >= 11 is 1.63. The summed E-state index contributed by atoms with van der Waals surface area (Å²) in [5, 5.41) is 6.54. The molecule has 0 aliphatic heterocycles. The number of thiazole rings is 1. The van der Waals surface area contributed by atoms with Gasteiger partial charge in [-0.3, -0.25) is 14.2 Å². The van der Waals surface area contributed by atoms with Crippen LogP contribution in [0.3, 0.4) is 0 Å². The van der Waals surface area contributed by atoms with E-state index in [9.17, 15) is 4.79 Å². The SMILES string of the molecule is Cc1nc2ccccn2c(=O)c1CCNC(C)c1nc(-c2cccnc2)cs1. The van der Waals surface area contributed by atoms with E-state index in [1.54, 1.807) is 28.1 Å². The van der Waals surface area contributed by atoms with Crippen molar-refractivity contribution in [2.24, 2.45) is 0 Å². The van der Waals surface area contributed by atoms with E-state index in [1.165, 1.54) is 0 Å². The molecule has 0 aliphatic carbocycles. The molecule has 1 N–H and O–H groups in total. The number of hydrogen-bond acceptors (Lipinski definition) is 6. The van der Waals surface area contributed by atoms with Gasteiger partial charge in [0.15, 0.2) is 0 Å². The van der Waals surface area contributed by atoms with Crippen molar-refractivity contribution < 1.29 is 0 Å². The van der Waals surface area contributed by atoms with E-state index in [0.29, 0.717) is 18.6 Å². The molecule has 0 fully saturated rings. The van der Waals surface area contributed by atoms with Crippen molar-refractivity contribution >= 4 is 17.0 Å². The summed E-state index contributed by atoms with van der Waals surface area (Å²) < 4.78 is 1.60. The smallest absolute Gasteiger partial charge is 0.261 e. The number of hydrogen-bond donors (Lipinski definition) is 1. The molecule has 0 saturated carbocycles. The number of aromatic nitrogens is 4. The van der Waals surface area contributed by atoms with Crippen molar-refractivity contribution in [2.75, 3.05) is 6.54 Å². The van der Waals surface area contributed by atoms with Crippen LogP contribution in [-0.2, 0) is 6.42 Å². The van der Waals surface area contributed by atoms with E-state index in [2.05, 4.69) is 22.2 Å². The normalized spacial score (nSPS) is 12.4. The quantitative estimate of drug-likeness (QED) is 0.545. The molecule has 0 saturated heterocycles. The van der Waals surface area contributed by atoms with Gasteiger partial charge >= 0.3 is 0 Å². The third kappa shape index (κ3) is 3.72. The number of pyridine rings is 2. The van der Waals surface area contributed by atoms with Gasteiger partial charge < -0.3 is 5.32 Å². The molecule has 4 aromatic rings. The third-order valence-corrected chi connectivity index (χ3v) is 5.74. The molecule has 4 heterocycles. The molecule has 0 aliphatic rings. The monoisotopic (exact) mass is 391 g/mol. The lowest BCUT2D eigenvalue weighted by Gasteiger charge is -2.12. The Hall–Kier alpha value is -2.90. The average Bonchev–Trinajstić information content (AvgIpc) is 3.21. The molecule has 0 aromatic carbocycles. The molecular weight excluding hydrogens is 370 g/mol. The summed E-state index contributed by atoms with van der Waals surface area (Å²) in [6, 6.07) is 9.60. The van der Waals surface area contributed by atoms with Crippen molar-refractivity contribution in [1.82, 2.24) is 24.7 Å². The van der Waals surface area contributed by atoms with E-state index < -0.39 is 0 Å². The highest BCUT2D eigenvalue weighted by molar-refractivity contribution is 7.10. The second kappa shape index (κ2) is 8.00. The first kappa shape index (κ1) is 18.5. The molecule has 28 heavy (non-hydrogen) atoms. The number of nitrogens with one attached hydrogen (secondary N) is 1. The van der Waals surface area contributed by atoms with Crippen LogP contribution in [0.2, 0.25) is 0 Å². The van der Waals surface area contributed by atoms with E-state index in [0.717, 1.165) is 27.5 Å². The molecule has 6 nitrogen and oxygen atoms in total. The first-order valence-electron chi connectivity index (χ1n) is 9.19. The van der Waals surface area contributed by atoms with Crippen molar-refractivity contribution in [3.05, 3.63) is 80.9 Å². The molecule has 7 heteroatoms. The predicted octanol–water partition coefficient (Wildman–Crippen LogP) is 3.41. The maximum Gasteiger partial charge on any atom is 0.261 e. The zero-order valence-corrected chi connectivity index (χ0v) is 16.6. The zero-order valence-electron chi connectivity index (χ0n) is 15.8. The van der Waals surface area contributed by atoms with Gasteiger partial charge in [-0.2, -0.15) is 0 Å². The van der Waals surface area contributed by atoms with Gasteiger partial charge in [0.25, 0.3) is 5.56 Å². The van der Waals surface area contributed by atoms with Crippen LogP contribution in [0.25, 0.3) is 16.9 Å². The molecule has 0 bridgehead atoms.